The van der Waals surface area contributed by atoms with Crippen LogP contribution in [0.1, 0.15) is 16.8 Å². The van der Waals surface area contributed by atoms with Crippen molar-refractivity contribution in [1.29, 1.82) is 0 Å². The van der Waals surface area contributed by atoms with Crippen molar-refractivity contribution in [2.45, 2.75) is 13.8 Å². The average molecular weight is 373 g/mol. The van der Waals surface area contributed by atoms with Crippen LogP contribution < -0.4 is 5.43 Å². The predicted octanol–water partition coefficient (Wildman–Crippen LogP) is 3.52. The molecule has 0 unspecified atom stereocenters. The Kier molecular flexibility index (Phi) is 4.18. The first kappa shape index (κ1) is 13.3. The van der Waals surface area contributed by atoms with E-state index in [1.807, 2.05) is 25.3 Å². The van der Waals surface area contributed by atoms with E-state index in [1.165, 1.54) is 11.3 Å². The molecule has 94 valence electrons. The maximum absolute atomic E-state index is 9.78. The Morgan fingerprint density at radius 2 is 2.22 bits per heavy atom. The Balaban J connectivity index is 2.11. The standard InChI is InChI=1S/C12H12IN3OS/c1-7-3-11(17)9(4-10(7)13)5-14-16-12-15-8(2)6-18-12/h3-6,17H,1-2H3,(H,15,16). The Labute approximate surface area is 123 Å². The normalized spacial score (nSPS) is 11.1. The van der Waals surface area contributed by atoms with Crippen molar-refractivity contribution in [1.82, 2.24) is 4.98 Å². The van der Waals surface area contributed by atoms with E-state index in [2.05, 4.69) is 38.1 Å². The molecule has 0 aliphatic carbocycles. The van der Waals surface area contributed by atoms with Gasteiger partial charge in [0.2, 0.25) is 5.13 Å². The highest BCUT2D eigenvalue weighted by Gasteiger charge is 2.02. The van der Waals surface area contributed by atoms with E-state index in [0.717, 1.165) is 20.0 Å². The highest BCUT2D eigenvalue weighted by Crippen LogP contribution is 2.22. The maximum Gasteiger partial charge on any atom is 0.203 e. The second-order valence-electron chi connectivity index (χ2n) is 3.82. The minimum Gasteiger partial charge on any atom is -0.507 e. The Morgan fingerprint density at radius 1 is 1.44 bits per heavy atom. The minimum absolute atomic E-state index is 0.230. The number of rotatable bonds is 3. The zero-order chi connectivity index (χ0) is 13.1. The summed E-state index contributed by atoms with van der Waals surface area (Å²) in [7, 11) is 0. The van der Waals surface area contributed by atoms with Gasteiger partial charge in [-0.25, -0.2) is 4.98 Å². The van der Waals surface area contributed by atoms with Crippen molar-refractivity contribution in [3.05, 3.63) is 37.9 Å². The molecule has 0 fully saturated rings. The summed E-state index contributed by atoms with van der Waals surface area (Å²) in [5, 5.41) is 16.5. The second kappa shape index (κ2) is 5.66. The molecule has 0 saturated carbocycles. The Hall–Kier alpha value is -1.15. The number of phenols is 1. The van der Waals surface area contributed by atoms with E-state index in [1.54, 1.807) is 12.3 Å². The number of anilines is 1. The van der Waals surface area contributed by atoms with Crippen molar-refractivity contribution >= 4 is 45.3 Å². The van der Waals surface area contributed by atoms with E-state index >= 15 is 0 Å². The first-order chi connectivity index (χ1) is 8.56. The molecular formula is C12H12IN3OS. The lowest BCUT2D eigenvalue weighted by atomic mass is 10.1. The Morgan fingerprint density at radius 3 is 2.89 bits per heavy atom. The summed E-state index contributed by atoms with van der Waals surface area (Å²) in [4.78, 5) is 4.23. The molecule has 2 N–H and O–H groups in total. The molecule has 0 spiro atoms. The van der Waals surface area contributed by atoms with Gasteiger partial charge in [0.1, 0.15) is 5.75 Å². The van der Waals surface area contributed by atoms with Crippen molar-refractivity contribution in [3.8, 4) is 5.75 Å². The summed E-state index contributed by atoms with van der Waals surface area (Å²) < 4.78 is 1.09. The summed E-state index contributed by atoms with van der Waals surface area (Å²) in [6.07, 6.45) is 1.59. The number of hydrogen-bond acceptors (Lipinski definition) is 5. The summed E-state index contributed by atoms with van der Waals surface area (Å²) in [5.74, 6) is 0.230. The van der Waals surface area contributed by atoms with Gasteiger partial charge < -0.3 is 5.11 Å². The van der Waals surface area contributed by atoms with Crippen LogP contribution in [0.5, 0.6) is 5.75 Å². The number of aromatic hydroxyl groups is 1. The van der Waals surface area contributed by atoms with Crippen LogP contribution in [0.3, 0.4) is 0 Å². The molecule has 2 aromatic rings. The molecule has 0 aliphatic rings. The highest BCUT2D eigenvalue weighted by atomic mass is 127. The molecule has 1 heterocycles. The summed E-state index contributed by atoms with van der Waals surface area (Å²) in [6, 6.07) is 3.63. The number of hydrazone groups is 1. The fourth-order valence-electron chi connectivity index (χ4n) is 1.35. The lowest BCUT2D eigenvalue weighted by Gasteiger charge is -2.03. The molecule has 0 aliphatic heterocycles. The number of thiazole rings is 1. The first-order valence-electron chi connectivity index (χ1n) is 5.26. The van der Waals surface area contributed by atoms with Gasteiger partial charge in [0.15, 0.2) is 0 Å². The van der Waals surface area contributed by atoms with Crippen LogP contribution in [-0.2, 0) is 0 Å². The number of nitrogens with one attached hydrogen (secondary N) is 1. The largest absolute Gasteiger partial charge is 0.507 e. The highest BCUT2D eigenvalue weighted by molar-refractivity contribution is 14.1. The second-order valence-corrected chi connectivity index (χ2v) is 5.84. The lowest BCUT2D eigenvalue weighted by molar-refractivity contribution is 0.474. The van der Waals surface area contributed by atoms with Gasteiger partial charge >= 0.3 is 0 Å². The van der Waals surface area contributed by atoms with E-state index < -0.39 is 0 Å². The third kappa shape index (κ3) is 3.20. The maximum atomic E-state index is 9.78. The van der Waals surface area contributed by atoms with Crippen LogP contribution in [0.25, 0.3) is 0 Å². The van der Waals surface area contributed by atoms with Crippen LogP contribution in [-0.4, -0.2) is 16.3 Å². The number of halogens is 1. The molecular weight excluding hydrogens is 361 g/mol. The third-order valence-electron chi connectivity index (χ3n) is 2.29. The fourth-order valence-corrected chi connectivity index (χ4v) is 2.48. The molecule has 0 atom stereocenters. The summed E-state index contributed by atoms with van der Waals surface area (Å²) in [6.45, 7) is 3.89. The van der Waals surface area contributed by atoms with Crippen molar-refractivity contribution in [2.75, 3.05) is 5.43 Å². The Bertz CT molecular complexity index is 595. The minimum atomic E-state index is 0.230. The molecule has 2 rings (SSSR count). The fraction of sp³-hybridized carbons (Fsp3) is 0.167. The van der Waals surface area contributed by atoms with Crippen LogP contribution in [0.4, 0.5) is 5.13 Å². The number of aromatic nitrogens is 1. The van der Waals surface area contributed by atoms with Gasteiger partial charge in [-0.2, -0.15) is 5.10 Å². The van der Waals surface area contributed by atoms with E-state index in [-0.39, 0.29) is 5.75 Å². The van der Waals surface area contributed by atoms with Crippen LogP contribution in [0, 0.1) is 17.4 Å². The van der Waals surface area contributed by atoms with Crippen molar-refractivity contribution < 1.29 is 5.11 Å². The van der Waals surface area contributed by atoms with Gasteiger partial charge in [0.25, 0.3) is 0 Å². The number of aryl methyl sites for hydroxylation is 2. The molecule has 0 saturated heterocycles. The quantitative estimate of drug-likeness (QED) is 0.492. The molecule has 6 heteroatoms. The lowest BCUT2D eigenvalue weighted by Crippen LogP contribution is -1.92. The monoisotopic (exact) mass is 373 g/mol. The topological polar surface area (TPSA) is 57.5 Å². The van der Waals surface area contributed by atoms with Crippen LogP contribution in [0.2, 0.25) is 0 Å². The van der Waals surface area contributed by atoms with Gasteiger partial charge in [-0.1, -0.05) is 0 Å². The number of nitrogens with zero attached hydrogens (tertiary/aromatic N) is 2. The van der Waals surface area contributed by atoms with E-state index in [4.69, 9.17) is 0 Å². The smallest absolute Gasteiger partial charge is 0.203 e. The van der Waals surface area contributed by atoms with Crippen molar-refractivity contribution in [2.24, 2.45) is 5.10 Å². The van der Waals surface area contributed by atoms with Gasteiger partial charge in [-0.3, -0.25) is 5.43 Å². The molecule has 1 aromatic carbocycles. The van der Waals surface area contributed by atoms with Crippen LogP contribution in [0.15, 0.2) is 22.6 Å². The van der Waals surface area contributed by atoms with E-state index in [0.29, 0.717) is 5.56 Å². The molecule has 0 radical (unpaired) electrons. The SMILES string of the molecule is Cc1csc(NN=Cc2cc(I)c(C)cc2O)n1. The molecule has 0 amide bonds. The molecule has 1 aromatic heterocycles. The third-order valence-corrected chi connectivity index (χ3v) is 4.32. The average Bonchev–Trinajstić information content (AvgIpc) is 2.71. The zero-order valence-corrected chi connectivity index (χ0v) is 12.9. The number of phenolic OH excluding ortho intramolecular Hbond substituents is 1. The van der Waals surface area contributed by atoms with Crippen LogP contribution >= 0.6 is 33.9 Å². The zero-order valence-electron chi connectivity index (χ0n) is 9.94. The number of benzene rings is 1. The molecule has 18 heavy (non-hydrogen) atoms. The van der Waals surface area contributed by atoms with E-state index in [9.17, 15) is 5.11 Å². The van der Waals surface area contributed by atoms with Gasteiger partial charge in [-0.05, 0) is 54.1 Å². The first-order valence-corrected chi connectivity index (χ1v) is 7.22. The summed E-state index contributed by atoms with van der Waals surface area (Å²) in [5.41, 5.74) is 5.54. The molecule has 4 nitrogen and oxygen atoms in total. The number of hydrogen-bond donors (Lipinski definition) is 2. The van der Waals surface area contributed by atoms with Crippen molar-refractivity contribution in [3.63, 3.8) is 0 Å². The van der Waals surface area contributed by atoms with Gasteiger partial charge in [0.05, 0.1) is 11.9 Å². The molecule has 0 bridgehead atoms. The van der Waals surface area contributed by atoms with Gasteiger partial charge in [0, 0.05) is 14.5 Å². The van der Waals surface area contributed by atoms with Gasteiger partial charge in [-0.15, -0.1) is 11.3 Å². The summed E-state index contributed by atoms with van der Waals surface area (Å²) >= 11 is 3.72. The predicted molar refractivity (Wildman–Crippen MR) is 83.6 cm³/mol.